The van der Waals surface area contributed by atoms with Crippen molar-refractivity contribution in [1.29, 1.82) is 0 Å². The van der Waals surface area contributed by atoms with Gasteiger partial charge in [0.2, 0.25) is 0 Å². The van der Waals surface area contributed by atoms with Crippen LogP contribution < -0.4 is 0 Å². The van der Waals surface area contributed by atoms with Crippen molar-refractivity contribution in [2.45, 2.75) is 31.0 Å². The summed E-state index contributed by atoms with van der Waals surface area (Å²) in [6, 6.07) is 0. The van der Waals surface area contributed by atoms with Crippen molar-refractivity contribution in [3.8, 4) is 0 Å². The lowest BCUT2D eigenvalue weighted by Gasteiger charge is -2.46. The molecule has 2 rings (SSSR count). The number of hydrogen-bond acceptors (Lipinski definition) is 2. The molecule has 0 bridgehead atoms. The normalized spacial score (nSPS) is 33.2. The van der Waals surface area contributed by atoms with E-state index in [9.17, 15) is 22.8 Å². The molecule has 16 heavy (non-hydrogen) atoms. The molecule has 1 saturated heterocycles. The van der Waals surface area contributed by atoms with Gasteiger partial charge in [-0.3, -0.25) is 4.79 Å². The lowest BCUT2D eigenvalue weighted by molar-refractivity contribution is -0.197. The topological polar surface area (TPSA) is 57.6 Å². The first-order valence-corrected chi connectivity index (χ1v) is 4.92. The summed E-state index contributed by atoms with van der Waals surface area (Å²) < 4.78 is 36.8. The fourth-order valence-electron chi connectivity index (χ4n) is 2.68. The molecule has 4 nitrogen and oxygen atoms in total. The monoisotopic (exact) mass is 237 g/mol. The number of carbonyl (C=O) groups excluding carboxylic acids is 1. The van der Waals surface area contributed by atoms with E-state index >= 15 is 0 Å². The first kappa shape index (κ1) is 11.2. The third-order valence-electron chi connectivity index (χ3n) is 3.59. The average molecular weight is 237 g/mol. The molecule has 2 unspecified atom stereocenters. The zero-order chi connectivity index (χ0) is 12.1. The van der Waals surface area contributed by atoms with E-state index in [4.69, 9.17) is 5.11 Å². The Hall–Kier alpha value is -1.27. The number of fused-ring (bicyclic) bond motifs is 1. The lowest BCUT2D eigenvalue weighted by Crippen LogP contribution is -2.63. The van der Waals surface area contributed by atoms with Crippen molar-refractivity contribution in [3.05, 3.63) is 0 Å². The van der Waals surface area contributed by atoms with Gasteiger partial charge in [0, 0.05) is 6.54 Å². The number of halogens is 3. The number of alkyl halides is 3. The quantitative estimate of drug-likeness (QED) is 0.740. The van der Waals surface area contributed by atoms with Crippen molar-refractivity contribution in [2.24, 2.45) is 5.92 Å². The minimum absolute atomic E-state index is 0.116. The fourth-order valence-corrected chi connectivity index (χ4v) is 2.68. The molecule has 1 aliphatic carbocycles. The maximum Gasteiger partial charge on any atom is 0.471 e. The number of hydrogen-bond donors (Lipinski definition) is 1. The summed E-state index contributed by atoms with van der Waals surface area (Å²) in [4.78, 5) is 22.7. The minimum Gasteiger partial charge on any atom is -0.479 e. The third kappa shape index (κ3) is 1.23. The molecule has 0 spiro atoms. The van der Waals surface area contributed by atoms with Crippen molar-refractivity contribution >= 4 is 11.9 Å². The SMILES string of the molecule is O=C(N1CCC2CCC21C(=O)O)C(F)(F)F. The summed E-state index contributed by atoms with van der Waals surface area (Å²) in [7, 11) is 0. The molecule has 1 N–H and O–H groups in total. The van der Waals surface area contributed by atoms with Gasteiger partial charge in [0.05, 0.1) is 0 Å². The van der Waals surface area contributed by atoms with Gasteiger partial charge in [-0.1, -0.05) is 0 Å². The largest absolute Gasteiger partial charge is 0.479 e. The smallest absolute Gasteiger partial charge is 0.471 e. The lowest BCUT2D eigenvalue weighted by atomic mass is 9.67. The molecule has 0 aromatic carbocycles. The Kier molecular flexibility index (Phi) is 2.18. The molecule has 1 amide bonds. The van der Waals surface area contributed by atoms with Crippen LogP contribution in [-0.4, -0.2) is 40.1 Å². The minimum atomic E-state index is -4.99. The Bertz CT molecular complexity index is 354. The van der Waals surface area contributed by atoms with E-state index in [0.717, 1.165) is 0 Å². The highest BCUT2D eigenvalue weighted by Crippen LogP contribution is 2.51. The first-order valence-electron chi connectivity index (χ1n) is 4.92. The van der Waals surface area contributed by atoms with Gasteiger partial charge in [0.1, 0.15) is 5.54 Å². The number of likely N-dealkylation sites (tertiary alicyclic amines) is 1. The van der Waals surface area contributed by atoms with Crippen molar-refractivity contribution < 1.29 is 27.9 Å². The standard InChI is InChI=1S/C9H10F3NO3/c10-9(11,12)6(14)13-4-2-5-1-3-8(5,13)7(15)16/h5H,1-4H2,(H,15,16). The number of carbonyl (C=O) groups is 2. The summed E-state index contributed by atoms with van der Waals surface area (Å²) in [6.07, 6.45) is -3.95. The number of amides is 1. The Morgan fingerprint density at radius 1 is 1.31 bits per heavy atom. The molecular weight excluding hydrogens is 227 g/mol. The maximum absolute atomic E-state index is 12.3. The zero-order valence-corrected chi connectivity index (χ0v) is 8.25. The maximum atomic E-state index is 12.3. The van der Waals surface area contributed by atoms with Gasteiger partial charge in [0.25, 0.3) is 0 Å². The molecular formula is C9H10F3NO3. The second-order valence-electron chi connectivity index (χ2n) is 4.21. The van der Waals surface area contributed by atoms with E-state index in [1.807, 2.05) is 0 Å². The predicted molar refractivity (Wildman–Crippen MR) is 45.5 cm³/mol. The van der Waals surface area contributed by atoms with Crippen molar-refractivity contribution in [1.82, 2.24) is 4.90 Å². The van der Waals surface area contributed by atoms with Gasteiger partial charge in [-0.25, -0.2) is 4.79 Å². The van der Waals surface area contributed by atoms with Crippen LogP contribution >= 0.6 is 0 Å². The number of rotatable bonds is 1. The highest BCUT2D eigenvalue weighted by atomic mass is 19.4. The van der Waals surface area contributed by atoms with E-state index in [1.54, 1.807) is 0 Å². The predicted octanol–water partition coefficient (Wildman–Crippen LogP) is 1.01. The van der Waals surface area contributed by atoms with Crippen LogP contribution in [0.5, 0.6) is 0 Å². The van der Waals surface area contributed by atoms with Crippen LogP contribution in [0.15, 0.2) is 0 Å². The van der Waals surface area contributed by atoms with E-state index in [-0.39, 0.29) is 18.9 Å². The van der Waals surface area contributed by atoms with Crippen LogP contribution in [0.1, 0.15) is 19.3 Å². The van der Waals surface area contributed by atoms with Gasteiger partial charge in [-0.2, -0.15) is 13.2 Å². The molecule has 1 aliphatic heterocycles. The molecule has 90 valence electrons. The second kappa shape index (κ2) is 3.11. The van der Waals surface area contributed by atoms with Crippen LogP contribution in [0, 0.1) is 5.92 Å². The summed E-state index contributed by atoms with van der Waals surface area (Å²) in [5, 5.41) is 9.02. The van der Waals surface area contributed by atoms with Gasteiger partial charge >= 0.3 is 18.1 Å². The average Bonchev–Trinajstić information content (AvgIpc) is 2.35. The molecule has 0 radical (unpaired) electrons. The highest BCUT2D eigenvalue weighted by molar-refractivity contribution is 5.91. The van der Waals surface area contributed by atoms with Gasteiger partial charge < -0.3 is 10.0 Å². The second-order valence-corrected chi connectivity index (χ2v) is 4.21. The Morgan fingerprint density at radius 2 is 1.94 bits per heavy atom. The number of aliphatic carboxylic acids is 1. The molecule has 2 fully saturated rings. The summed E-state index contributed by atoms with van der Waals surface area (Å²) in [5.41, 5.74) is -1.59. The fraction of sp³-hybridized carbons (Fsp3) is 0.778. The van der Waals surface area contributed by atoms with Crippen LogP contribution in [-0.2, 0) is 9.59 Å². The van der Waals surface area contributed by atoms with Crippen molar-refractivity contribution in [2.75, 3.05) is 6.54 Å². The summed E-state index contributed by atoms with van der Waals surface area (Å²) in [6.45, 7) is -0.116. The zero-order valence-electron chi connectivity index (χ0n) is 8.25. The number of carboxylic acids is 1. The van der Waals surface area contributed by atoms with Crippen LogP contribution in [0.25, 0.3) is 0 Å². The Morgan fingerprint density at radius 3 is 2.31 bits per heavy atom. The molecule has 7 heteroatoms. The van der Waals surface area contributed by atoms with Gasteiger partial charge in [-0.15, -0.1) is 0 Å². The molecule has 1 saturated carbocycles. The highest BCUT2D eigenvalue weighted by Gasteiger charge is 2.64. The summed E-state index contributed by atoms with van der Waals surface area (Å²) >= 11 is 0. The summed E-state index contributed by atoms with van der Waals surface area (Å²) in [5.74, 6) is -3.67. The van der Waals surface area contributed by atoms with E-state index in [1.165, 1.54) is 0 Å². The first-order chi connectivity index (χ1) is 7.30. The Labute approximate surface area is 89.0 Å². The van der Waals surface area contributed by atoms with Gasteiger partial charge in [-0.05, 0) is 25.2 Å². The van der Waals surface area contributed by atoms with Crippen LogP contribution in [0.2, 0.25) is 0 Å². The number of carboxylic acid groups (broad SMARTS) is 1. The molecule has 2 atom stereocenters. The van der Waals surface area contributed by atoms with E-state index in [2.05, 4.69) is 0 Å². The third-order valence-corrected chi connectivity index (χ3v) is 3.59. The molecule has 1 heterocycles. The van der Waals surface area contributed by atoms with Crippen LogP contribution in [0.4, 0.5) is 13.2 Å². The molecule has 0 aromatic heterocycles. The van der Waals surface area contributed by atoms with Crippen LogP contribution in [0.3, 0.4) is 0 Å². The molecule has 2 aliphatic rings. The van der Waals surface area contributed by atoms with Gasteiger partial charge in [0.15, 0.2) is 0 Å². The van der Waals surface area contributed by atoms with Crippen molar-refractivity contribution in [3.63, 3.8) is 0 Å². The molecule has 0 aromatic rings. The van der Waals surface area contributed by atoms with E-state index in [0.29, 0.717) is 17.7 Å². The number of nitrogens with zero attached hydrogens (tertiary/aromatic N) is 1. The van der Waals surface area contributed by atoms with E-state index < -0.39 is 23.6 Å². The Balaban J connectivity index is 2.29.